The molecule has 126 valence electrons. The first-order valence-corrected chi connectivity index (χ1v) is 7.90. The summed E-state index contributed by atoms with van der Waals surface area (Å²) in [6.45, 7) is 0.472. The lowest BCUT2D eigenvalue weighted by molar-refractivity contribution is -0.121. The lowest BCUT2D eigenvalue weighted by atomic mass is 10.0. The average molecular weight is 347 g/mol. The van der Waals surface area contributed by atoms with Gasteiger partial charge in [-0.25, -0.2) is 4.79 Å². The zero-order valence-electron chi connectivity index (χ0n) is 13.0. The molecule has 0 aliphatic rings. The van der Waals surface area contributed by atoms with Crippen LogP contribution in [0.5, 0.6) is 0 Å². The number of rotatable bonds is 7. The van der Waals surface area contributed by atoms with E-state index in [2.05, 4.69) is 15.6 Å². The number of carbonyl (C=O) groups is 2. The highest BCUT2D eigenvalue weighted by Crippen LogP contribution is 2.19. The van der Waals surface area contributed by atoms with E-state index in [4.69, 9.17) is 17.3 Å². The number of nitrogens with two attached hydrogens (primary N) is 1. The smallest absolute Gasteiger partial charge is 0.312 e. The minimum absolute atomic E-state index is 0.0901. The molecule has 2 rings (SSSR count). The van der Waals surface area contributed by atoms with Crippen molar-refractivity contribution in [3.05, 3.63) is 64.9 Å². The number of aromatic nitrogens is 1. The molecule has 1 heterocycles. The van der Waals surface area contributed by atoms with Crippen molar-refractivity contribution >= 4 is 23.5 Å². The second-order valence-electron chi connectivity index (χ2n) is 5.24. The number of nitrogens with one attached hydrogen (secondary N) is 2. The molecule has 0 spiro atoms. The van der Waals surface area contributed by atoms with Crippen molar-refractivity contribution in [2.75, 3.05) is 6.54 Å². The summed E-state index contributed by atoms with van der Waals surface area (Å²) in [7, 11) is 0. The van der Waals surface area contributed by atoms with Gasteiger partial charge in [0.2, 0.25) is 5.91 Å². The summed E-state index contributed by atoms with van der Waals surface area (Å²) in [5.41, 5.74) is 6.86. The number of benzene rings is 1. The highest BCUT2D eigenvalue weighted by Gasteiger charge is 2.17. The Kier molecular flexibility index (Phi) is 6.57. The van der Waals surface area contributed by atoms with Gasteiger partial charge in [0.15, 0.2) is 0 Å². The Morgan fingerprint density at radius 3 is 2.54 bits per heavy atom. The van der Waals surface area contributed by atoms with E-state index in [1.54, 1.807) is 30.5 Å². The molecule has 3 amide bonds. The van der Waals surface area contributed by atoms with Crippen LogP contribution in [-0.2, 0) is 11.2 Å². The molecule has 0 aliphatic carbocycles. The Hall–Kier alpha value is -2.60. The number of pyridine rings is 1. The molecule has 0 radical (unpaired) electrons. The first-order chi connectivity index (χ1) is 11.5. The first-order valence-electron chi connectivity index (χ1n) is 7.52. The van der Waals surface area contributed by atoms with Gasteiger partial charge in [-0.15, -0.1) is 0 Å². The highest BCUT2D eigenvalue weighted by molar-refractivity contribution is 6.30. The van der Waals surface area contributed by atoms with E-state index in [1.165, 1.54) is 0 Å². The standard InChI is InChI=1S/C17H19ClN4O2/c18-13-6-4-12(5-7-13)15(22-17(19)24)11-16(23)21-10-8-14-3-1-2-9-20-14/h1-7,9,15H,8,10-11H2,(H,21,23)(H3,19,22,24). The second-order valence-corrected chi connectivity index (χ2v) is 5.67. The van der Waals surface area contributed by atoms with Gasteiger partial charge >= 0.3 is 6.03 Å². The van der Waals surface area contributed by atoms with E-state index in [1.807, 2.05) is 18.2 Å². The molecule has 1 aromatic heterocycles. The van der Waals surface area contributed by atoms with Crippen LogP contribution in [0.25, 0.3) is 0 Å². The molecule has 4 N–H and O–H groups in total. The van der Waals surface area contributed by atoms with Gasteiger partial charge in [-0.05, 0) is 29.8 Å². The molecule has 2 aromatic rings. The molecule has 1 aromatic carbocycles. The third-order valence-corrected chi connectivity index (χ3v) is 3.66. The van der Waals surface area contributed by atoms with Gasteiger partial charge in [0.25, 0.3) is 0 Å². The number of nitrogens with zero attached hydrogens (tertiary/aromatic N) is 1. The third kappa shape index (κ3) is 5.89. The maximum Gasteiger partial charge on any atom is 0.312 e. The van der Waals surface area contributed by atoms with Crippen molar-refractivity contribution in [3.63, 3.8) is 0 Å². The number of hydrogen-bond acceptors (Lipinski definition) is 3. The molecule has 1 atom stereocenters. The van der Waals surface area contributed by atoms with E-state index in [0.29, 0.717) is 18.0 Å². The summed E-state index contributed by atoms with van der Waals surface area (Å²) in [6, 6.07) is 11.4. The monoisotopic (exact) mass is 346 g/mol. The van der Waals surface area contributed by atoms with Crippen molar-refractivity contribution in [3.8, 4) is 0 Å². The van der Waals surface area contributed by atoms with Gasteiger partial charge in [0.1, 0.15) is 0 Å². The van der Waals surface area contributed by atoms with Gasteiger partial charge < -0.3 is 16.4 Å². The molecule has 6 nitrogen and oxygen atoms in total. The number of hydrogen-bond donors (Lipinski definition) is 3. The summed E-state index contributed by atoms with van der Waals surface area (Å²) in [6.07, 6.45) is 2.44. The van der Waals surface area contributed by atoms with Gasteiger partial charge in [-0.3, -0.25) is 9.78 Å². The van der Waals surface area contributed by atoms with Crippen LogP contribution in [0.3, 0.4) is 0 Å². The number of carbonyl (C=O) groups excluding carboxylic acids is 2. The fraction of sp³-hybridized carbons (Fsp3) is 0.235. The minimum atomic E-state index is -0.684. The molecule has 0 aliphatic heterocycles. The maximum absolute atomic E-state index is 12.1. The fourth-order valence-corrected chi connectivity index (χ4v) is 2.38. The van der Waals surface area contributed by atoms with Crippen LogP contribution in [0.15, 0.2) is 48.7 Å². The molecule has 0 bridgehead atoms. The summed E-state index contributed by atoms with van der Waals surface area (Å²) < 4.78 is 0. The van der Waals surface area contributed by atoms with Gasteiger partial charge in [0.05, 0.1) is 12.5 Å². The van der Waals surface area contributed by atoms with Crippen LogP contribution < -0.4 is 16.4 Å². The molecular formula is C17H19ClN4O2. The van der Waals surface area contributed by atoms with E-state index in [-0.39, 0.29) is 12.3 Å². The zero-order chi connectivity index (χ0) is 17.4. The highest BCUT2D eigenvalue weighted by atomic mass is 35.5. The lowest BCUT2D eigenvalue weighted by Crippen LogP contribution is -2.37. The molecule has 24 heavy (non-hydrogen) atoms. The average Bonchev–Trinajstić information content (AvgIpc) is 2.55. The number of urea groups is 1. The van der Waals surface area contributed by atoms with Gasteiger partial charge in [-0.2, -0.15) is 0 Å². The van der Waals surface area contributed by atoms with Crippen molar-refractivity contribution in [2.24, 2.45) is 5.73 Å². The summed E-state index contributed by atoms with van der Waals surface area (Å²) >= 11 is 5.86. The largest absolute Gasteiger partial charge is 0.356 e. The molecule has 0 saturated carbocycles. The Morgan fingerprint density at radius 1 is 1.17 bits per heavy atom. The third-order valence-electron chi connectivity index (χ3n) is 3.41. The Morgan fingerprint density at radius 2 is 1.92 bits per heavy atom. The molecule has 0 saturated heterocycles. The quantitative estimate of drug-likeness (QED) is 0.716. The van der Waals surface area contributed by atoms with E-state index in [9.17, 15) is 9.59 Å². The van der Waals surface area contributed by atoms with Crippen LogP contribution in [-0.4, -0.2) is 23.5 Å². The minimum Gasteiger partial charge on any atom is -0.356 e. The number of halogens is 1. The Labute approximate surface area is 145 Å². The van der Waals surface area contributed by atoms with E-state index in [0.717, 1.165) is 11.3 Å². The predicted molar refractivity (Wildman–Crippen MR) is 92.5 cm³/mol. The van der Waals surface area contributed by atoms with Gasteiger partial charge in [-0.1, -0.05) is 29.8 Å². The topological polar surface area (TPSA) is 97.1 Å². The molecular weight excluding hydrogens is 328 g/mol. The summed E-state index contributed by atoms with van der Waals surface area (Å²) in [5, 5.41) is 5.98. The zero-order valence-corrected chi connectivity index (χ0v) is 13.8. The van der Waals surface area contributed by atoms with Crippen molar-refractivity contribution in [2.45, 2.75) is 18.9 Å². The van der Waals surface area contributed by atoms with Crippen molar-refractivity contribution in [1.82, 2.24) is 15.6 Å². The van der Waals surface area contributed by atoms with Crippen LogP contribution in [0.4, 0.5) is 4.79 Å². The number of primary amides is 1. The van der Waals surface area contributed by atoms with Crippen LogP contribution >= 0.6 is 11.6 Å². The van der Waals surface area contributed by atoms with E-state index >= 15 is 0 Å². The normalized spacial score (nSPS) is 11.5. The fourth-order valence-electron chi connectivity index (χ4n) is 2.25. The summed E-state index contributed by atoms with van der Waals surface area (Å²) in [5.74, 6) is -0.181. The second kappa shape index (κ2) is 8.88. The SMILES string of the molecule is NC(=O)NC(CC(=O)NCCc1ccccn1)c1ccc(Cl)cc1. The van der Waals surface area contributed by atoms with Crippen molar-refractivity contribution in [1.29, 1.82) is 0 Å². The Bertz CT molecular complexity index is 677. The first kappa shape index (κ1) is 17.7. The summed E-state index contributed by atoms with van der Waals surface area (Å²) in [4.78, 5) is 27.5. The van der Waals surface area contributed by atoms with Crippen molar-refractivity contribution < 1.29 is 9.59 Å². The van der Waals surface area contributed by atoms with Crippen LogP contribution in [0.1, 0.15) is 23.7 Å². The lowest BCUT2D eigenvalue weighted by Gasteiger charge is -2.18. The van der Waals surface area contributed by atoms with Crippen LogP contribution in [0.2, 0.25) is 5.02 Å². The maximum atomic E-state index is 12.1. The molecule has 7 heteroatoms. The van der Waals surface area contributed by atoms with Crippen LogP contribution in [0, 0.1) is 0 Å². The number of amides is 3. The van der Waals surface area contributed by atoms with Gasteiger partial charge in [0, 0.05) is 29.9 Å². The van der Waals surface area contributed by atoms with E-state index < -0.39 is 12.1 Å². The molecule has 0 fully saturated rings. The predicted octanol–water partition coefficient (Wildman–Crippen LogP) is 2.19. The molecule has 1 unspecified atom stereocenters. The Balaban J connectivity index is 1.89.